The Labute approximate surface area is 135 Å². The first-order chi connectivity index (χ1) is 11.1. The second kappa shape index (κ2) is 6.60. The van der Waals surface area contributed by atoms with E-state index in [2.05, 4.69) is 5.32 Å². The fourth-order valence-electron chi connectivity index (χ4n) is 2.48. The van der Waals surface area contributed by atoms with Gasteiger partial charge in [-0.25, -0.2) is 4.79 Å². The summed E-state index contributed by atoms with van der Waals surface area (Å²) in [7, 11) is 1.79. The van der Waals surface area contributed by atoms with Crippen molar-refractivity contribution in [2.75, 3.05) is 13.8 Å². The molecule has 0 bridgehead atoms. The number of fused-ring (bicyclic) bond motifs is 1. The van der Waals surface area contributed by atoms with Crippen molar-refractivity contribution in [1.82, 2.24) is 10.2 Å². The average molecular weight is 312 g/mol. The lowest BCUT2D eigenvalue weighted by Crippen LogP contribution is -2.36. The third kappa shape index (κ3) is 3.56. The molecule has 0 fully saturated rings. The molecule has 2 amide bonds. The Morgan fingerprint density at radius 1 is 1.17 bits per heavy atom. The highest BCUT2D eigenvalue weighted by Gasteiger charge is 2.14. The van der Waals surface area contributed by atoms with Crippen LogP contribution in [0, 0.1) is 6.92 Å². The van der Waals surface area contributed by atoms with Gasteiger partial charge in [-0.3, -0.25) is 0 Å². The van der Waals surface area contributed by atoms with Crippen molar-refractivity contribution in [2.24, 2.45) is 0 Å². The number of benzene rings is 2. The van der Waals surface area contributed by atoms with Crippen LogP contribution in [-0.4, -0.2) is 24.8 Å². The number of hydrogen-bond donors (Lipinski definition) is 1. The molecule has 0 saturated heterocycles. The van der Waals surface area contributed by atoms with Gasteiger partial charge in [0.1, 0.15) is 0 Å². The average Bonchev–Trinajstić information content (AvgIpc) is 3.02. The molecular formula is C18H20N2O3. The fourth-order valence-corrected chi connectivity index (χ4v) is 2.48. The van der Waals surface area contributed by atoms with E-state index < -0.39 is 0 Å². The maximum atomic E-state index is 12.2. The second-order valence-corrected chi connectivity index (χ2v) is 5.63. The van der Waals surface area contributed by atoms with Gasteiger partial charge in [0.25, 0.3) is 0 Å². The van der Waals surface area contributed by atoms with Crippen molar-refractivity contribution >= 4 is 6.03 Å². The molecule has 3 rings (SSSR count). The first kappa shape index (κ1) is 15.2. The smallest absolute Gasteiger partial charge is 0.317 e. The van der Waals surface area contributed by atoms with E-state index in [1.54, 1.807) is 11.9 Å². The fraction of sp³-hybridized carbons (Fsp3) is 0.278. The molecule has 120 valence electrons. The van der Waals surface area contributed by atoms with Gasteiger partial charge < -0.3 is 19.7 Å². The summed E-state index contributed by atoms with van der Waals surface area (Å²) < 4.78 is 10.6. The van der Waals surface area contributed by atoms with Crippen LogP contribution in [0.5, 0.6) is 11.5 Å². The Bertz CT molecular complexity index is 715. The highest BCUT2D eigenvalue weighted by molar-refractivity contribution is 5.73. The maximum Gasteiger partial charge on any atom is 0.317 e. The van der Waals surface area contributed by atoms with Gasteiger partial charge in [0, 0.05) is 20.1 Å². The minimum absolute atomic E-state index is 0.106. The number of hydrogen-bond acceptors (Lipinski definition) is 3. The first-order valence-corrected chi connectivity index (χ1v) is 7.55. The van der Waals surface area contributed by atoms with Gasteiger partial charge >= 0.3 is 6.03 Å². The number of rotatable bonds is 4. The van der Waals surface area contributed by atoms with Crippen LogP contribution in [0.25, 0.3) is 0 Å². The normalized spacial score (nSPS) is 12.1. The van der Waals surface area contributed by atoms with Gasteiger partial charge in [0.05, 0.1) is 0 Å². The molecule has 5 heteroatoms. The number of nitrogens with one attached hydrogen (secondary N) is 1. The Kier molecular flexibility index (Phi) is 4.37. The molecule has 1 aliphatic rings. The van der Waals surface area contributed by atoms with Gasteiger partial charge in [0.15, 0.2) is 11.5 Å². The summed E-state index contributed by atoms with van der Waals surface area (Å²) >= 11 is 0. The monoisotopic (exact) mass is 312 g/mol. The highest BCUT2D eigenvalue weighted by atomic mass is 16.7. The predicted molar refractivity (Wildman–Crippen MR) is 87.4 cm³/mol. The van der Waals surface area contributed by atoms with Crippen LogP contribution in [0.2, 0.25) is 0 Å². The van der Waals surface area contributed by atoms with Crippen molar-refractivity contribution < 1.29 is 14.3 Å². The van der Waals surface area contributed by atoms with E-state index in [0.717, 1.165) is 22.6 Å². The number of aryl methyl sites for hydroxylation is 1. The van der Waals surface area contributed by atoms with Crippen molar-refractivity contribution in [2.45, 2.75) is 20.0 Å². The van der Waals surface area contributed by atoms with Crippen LogP contribution in [0.15, 0.2) is 42.5 Å². The number of ether oxygens (including phenoxy) is 2. The van der Waals surface area contributed by atoms with Crippen LogP contribution in [-0.2, 0) is 13.1 Å². The maximum absolute atomic E-state index is 12.2. The van der Waals surface area contributed by atoms with E-state index >= 15 is 0 Å². The molecule has 23 heavy (non-hydrogen) atoms. The number of nitrogens with zero attached hydrogens (tertiary/aromatic N) is 1. The first-order valence-electron chi connectivity index (χ1n) is 7.55. The molecule has 2 aromatic rings. The van der Waals surface area contributed by atoms with Crippen LogP contribution in [0.1, 0.15) is 16.7 Å². The zero-order valence-corrected chi connectivity index (χ0v) is 13.3. The minimum Gasteiger partial charge on any atom is -0.454 e. The molecule has 2 aromatic carbocycles. The van der Waals surface area contributed by atoms with Crippen molar-refractivity contribution in [3.8, 4) is 11.5 Å². The second-order valence-electron chi connectivity index (χ2n) is 5.63. The summed E-state index contributed by atoms with van der Waals surface area (Å²) in [5.74, 6) is 1.47. The number of amides is 2. The van der Waals surface area contributed by atoms with E-state index in [9.17, 15) is 4.79 Å². The quantitative estimate of drug-likeness (QED) is 0.944. The van der Waals surface area contributed by atoms with Gasteiger partial charge in [-0.05, 0) is 35.7 Å². The largest absolute Gasteiger partial charge is 0.454 e. The lowest BCUT2D eigenvalue weighted by molar-refractivity contribution is 0.174. The number of urea groups is 1. The molecule has 0 saturated carbocycles. The van der Waals surface area contributed by atoms with E-state index in [0.29, 0.717) is 13.1 Å². The van der Waals surface area contributed by atoms with Crippen LogP contribution in [0.4, 0.5) is 4.79 Å². The lowest BCUT2D eigenvalue weighted by Gasteiger charge is -2.19. The SMILES string of the molecule is Cc1ccccc1CN(C)C(=O)NCc1ccc2c(c1)OCO2. The zero-order chi connectivity index (χ0) is 16.2. The molecule has 1 aliphatic heterocycles. The summed E-state index contributed by atoms with van der Waals surface area (Å²) in [5, 5.41) is 2.92. The standard InChI is InChI=1S/C18H20N2O3/c1-13-5-3-4-6-15(13)11-20(2)18(21)19-10-14-7-8-16-17(9-14)23-12-22-16/h3-9H,10-12H2,1-2H3,(H,19,21). The Morgan fingerprint density at radius 3 is 2.78 bits per heavy atom. The van der Waals surface area contributed by atoms with Gasteiger partial charge in [-0.15, -0.1) is 0 Å². The van der Waals surface area contributed by atoms with Gasteiger partial charge in [-0.2, -0.15) is 0 Å². The van der Waals surface area contributed by atoms with Gasteiger partial charge in [-0.1, -0.05) is 30.3 Å². The number of carbonyl (C=O) groups excluding carboxylic acids is 1. The van der Waals surface area contributed by atoms with Crippen molar-refractivity contribution in [1.29, 1.82) is 0 Å². The molecule has 1 N–H and O–H groups in total. The minimum atomic E-state index is -0.106. The molecule has 0 radical (unpaired) electrons. The summed E-state index contributed by atoms with van der Waals surface area (Å²) in [6.07, 6.45) is 0. The van der Waals surface area contributed by atoms with E-state index in [1.807, 2.05) is 49.4 Å². The predicted octanol–water partition coefficient (Wildman–Crippen LogP) is 3.07. The third-order valence-corrected chi connectivity index (χ3v) is 3.90. The summed E-state index contributed by atoms with van der Waals surface area (Å²) in [6.45, 7) is 3.34. The molecule has 0 aliphatic carbocycles. The number of carbonyl (C=O) groups is 1. The molecule has 0 aromatic heterocycles. The molecule has 1 heterocycles. The molecule has 0 spiro atoms. The summed E-state index contributed by atoms with van der Waals surface area (Å²) in [6, 6.07) is 13.6. The van der Waals surface area contributed by atoms with E-state index in [4.69, 9.17) is 9.47 Å². The molecule has 0 unspecified atom stereocenters. The molecule has 5 nitrogen and oxygen atoms in total. The highest BCUT2D eigenvalue weighted by Crippen LogP contribution is 2.32. The van der Waals surface area contributed by atoms with Crippen molar-refractivity contribution in [3.63, 3.8) is 0 Å². The summed E-state index contributed by atoms with van der Waals surface area (Å²) in [5.41, 5.74) is 3.31. The van der Waals surface area contributed by atoms with Gasteiger partial charge in [0.2, 0.25) is 6.79 Å². The lowest BCUT2D eigenvalue weighted by atomic mass is 10.1. The molecular weight excluding hydrogens is 292 g/mol. The Hall–Kier alpha value is -2.69. The van der Waals surface area contributed by atoms with Crippen LogP contribution < -0.4 is 14.8 Å². The topological polar surface area (TPSA) is 50.8 Å². The third-order valence-electron chi connectivity index (χ3n) is 3.90. The summed E-state index contributed by atoms with van der Waals surface area (Å²) in [4.78, 5) is 13.9. The van der Waals surface area contributed by atoms with Crippen molar-refractivity contribution in [3.05, 3.63) is 59.2 Å². The Balaban J connectivity index is 1.55. The van der Waals surface area contributed by atoms with Crippen LogP contribution >= 0.6 is 0 Å². The van der Waals surface area contributed by atoms with E-state index in [1.165, 1.54) is 5.56 Å². The molecule has 0 atom stereocenters. The van der Waals surface area contributed by atoms with E-state index in [-0.39, 0.29) is 12.8 Å². The Morgan fingerprint density at radius 2 is 1.96 bits per heavy atom. The van der Waals surface area contributed by atoms with Crippen LogP contribution in [0.3, 0.4) is 0 Å². The zero-order valence-electron chi connectivity index (χ0n) is 13.3.